The van der Waals surface area contributed by atoms with Gasteiger partial charge in [-0.15, -0.1) is 0 Å². The van der Waals surface area contributed by atoms with Gasteiger partial charge in [-0.1, -0.05) is 48.5 Å². The number of rotatable bonds is 7. The average Bonchev–Trinajstić information content (AvgIpc) is 3.13. The molecule has 7 heteroatoms. The van der Waals surface area contributed by atoms with E-state index in [0.29, 0.717) is 34.7 Å². The predicted molar refractivity (Wildman–Crippen MR) is 131 cm³/mol. The maximum Gasteiger partial charge on any atom is 0.335 e. The van der Waals surface area contributed by atoms with Crippen molar-refractivity contribution in [3.8, 4) is 5.75 Å². The molecule has 1 heterocycles. The molecule has 1 saturated heterocycles. The number of likely N-dealkylation sites (N-methyl/N-ethyl adjacent to an activating group) is 1. The topological polar surface area (TPSA) is 79.2 Å². The normalized spacial score (nSPS) is 15.9. The van der Waals surface area contributed by atoms with Gasteiger partial charge >= 0.3 is 5.97 Å². The Labute approximate surface area is 196 Å². The SMILES string of the molecule is CCN1C(=O)C(=Cc2ccccc2OCc2ccccc2)SC1=Nc1ccc(C(=O)O)cc1. The summed E-state index contributed by atoms with van der Waals surface area (Å²) in [4.78, 5) is 30.8. The lowest BCUT2D eigenvalue weighted by Crippen LogP contribution is -2.28. The summed E-state index contributed by atoms with van der Waals surface area (Å²) in [7, 11) is 0. The Morgan fingerprint density at radius 2 is 1.73 bits per heavy atom. The van der Waals surface area contributed by atoms with Crippen LogP contribution in [0.1, 0.15) is 28.4 Å². The Bertz CT molecular complexity index is 1220. The van der Waals surface area contributed by atoms with Gasteiger partial charge in [-0.25, -0.2) is 9.79 Å². The highest BCUT2D eigenvalue weighted by atomic mass is 32.2. The van der Waals surface area contributed by atoms with Crippen LogP contribution in [0.15, 0.2) is 88.8 Å². The largest absolute Gasteiger partial charge is 0.488 e. The molecule has 1 N–H and O–H groups in total. The number of ether oxygens (including phenoxy) is 1. The summed E-state index contributed by atoms with van der Waals surface area (Å²) in [5.41, 5.74) is 2.65. The maximum atomic E-state index is 13.0. The number of thioether (sulfide) groups is 1. The van der Waals surface area contributed by atoms with E-state index >= 15 is 0 Å². The Morgan fingerprint density at radius 3 is 2.42 bits per heavy atom. The zero-order valence-electron chi connectivity index (χ0n) is 18.0. The van der Waals surface area contributed by atoms with E-state index in [4.69, 9.17) is 9.84 Å². The number of carboxylic acids is 1. The Kier molecular flexibility index (Phi) is 6.90. The molecule has 0 radical (unpaired) electrons. The summed E-state index contributed by atoms with van der Waals surface area (Å²) >= 11 is 1.29. The molecule has 1 aliphatic heterocycles. The lowest BCUT2D eigenvalue weighted by atomic mass is 10.1. The first-order chi connectivity index (χ1) is 16.0. The minimum absolute atomic E-state index is 0.124. The zero-order chi connectivity index (χ0) is 23.2. The number of carbonyl (C=O) groups excluding carboxylic acids is 1. The number of hydrogen-bond acceptors (Lipinski definition) is 5. The molecule has 0 saturated carbocycles. The number of amidine groups is 1. The molecule has 3 aromatic carbocycles. The summed E-state index contributed by atoms with van der Waals surface area (Å²) in [6.45, 7) is 2.80. The third-order valence-corrected chi connectivity index (χ3v) is 5.99. The van der Waals surface area contributed by atoms with Crippen LogP contribution in [0.3, 0.4) is 0 Å². The lowest BCUT2D eigenvalue weighted by molar-refractivity contribution is -0.122. The molecule has 0 spiro atoms. The van der Waals surface area contributed by atoms with Crippen LogP contribution < -0.4 is 4.74 Å². The molecular formula is C26H22N2O4S. The van der Waals surface area contributed by atoms with Gasteiger partial charge in [0.1, 0.15) is 12.4 Å². The van der Waals surface area contributed by atoms with Gasteiger partial charge in [-0.3, -0.25) is 9.69 Å². The minimum atomic E-state index is -0.992. The molecule has 3 aromatic rings. The Hall–Kier alpha value is -3.84. The summed E-state index contributed by atoms with van der Waals surface area (Å²) < 4.78 is 6.02. The number of aliphatic imine (C=N–C) groups is 1. The number of nitrogens with zero attached hydrogens (tertiary/aromatic N) is 2. The molecule has 33 heavy (non-hydrogen) atoms. The van der Waals surface area contributed by atoms with Gasteiger partial charge in [0.15, 0.2) is 5.17 Å². The van der Waals surface area contributed by atoms with Gasteiger partial charge in [0.25, 0.3) is 5.91 Å². The van der Waals surface area contributed by atoms with E-state index in [9.17, 15) is 9.59 Å². The van der Waals surface area contributed by atoms with Crippen LogP contribution in [0, 0.1) is 0 Å². The fraction of sp³-hybridized carbons (Fsp3) is 0.115. The van der Waals surface area contributed by atoms with Crippen molar-refractivity contribution < 1.29 is 19.4 Å². The molecule has 1 aliphatic rings. The first-order valence-electron chi connectivity index (χ1n) is 10.4. The van der Waals surface area contributed by atoms with Crippen LogP contribution in [0.5, 0.6) is 5.75 Å². The van der Waals surface area contributed by atoms with Crippen LogP contribution in [-0.2, 0) is 11.4 Å². The molecule has 0 bridgehead atoms. The van der Waals surface area contributed by atoms with E-state index < -0.39 is 5.97 Å². The number of benzene rings is 3. The third-order valence-electron chi connectivity index (χ3n) is 4.99. The van der Waals surface area contributed by atoms with Gasteiger partial charge in [0.2, 0.25) is 0 Å². The maximum absolute atomic E-state index is 13.0. The van der Waals surface area contributed by atoms with E-state index in [1.165, 1.54) is 23.9 Å². The molecule has 0 unspecified atom stereocenters. The smallest absolute Gasteiger partial charge is 0.335 e. The van der Waals surface area contributed by atoms with Crippen LogP contribution >= 0.6 is 11.8 Å². The quantitative estimate of drug-likeness (QED) is 0.467. The molecule has 0 aliphatic carbocycles. The first-order valence-corrected chi connectivity index (χ1v) is 11.3. The molecule has 1 fully saturated rings. The van der Waals surface area contributed by atoms with Gasteiger partial charge in [-0.2, -0.15) is 0 Å². The number of amides is 1. The molecule has 166 valence electrons. The monoisotopic (exact) mass is 458 g/mol. The van der Waals surface area contributed by atoms with Crippen LogP contribution in [-0.4, -0.2) is 33.6 Å². The summed E-state index contributed by atoms with van der Waals surface area (Å²) in [6, 6.07) is 23.8. The molecular weight excluding hydrogens is 436 g/mol. The Balaban J connectivity index is 1.57. The fourth-order valence-corrected chi connectivity index (χ4v) is 4.32. The van der Waals surface area contributed by atoms with Gasteiger partial charge in [0.05, 0.1) is 16.2 Å². The highest BCUT2D eigenvalue weighted by molar-refractivity contribution is 8.18. The van der Waals surface area contributed by atoms with Crippen molar-refractivity contribution in [1.29, 1.82) is 0 Å². The second-order valence-corrected chi connectivity index (χ2v) is 8.23. The number of aromatic carboxylic acids is 1. The van der Waals surface area contributed by atoms with Crippen LogP contribution in [0.4, 0.5) is 5.69 Å². The van der Waals surface area contributed by atoms with Crippen molar-refractivity contribution in [3.63, 3.8) is 0 Å². The number of carbonyl (C=O) groups is 2. The molecule has 6 nitrogen and oxygen atoms in total. The minimum Gasteiger partial charge on any atom is -0.488 e. The second-order valence-electron chi connectivity index (χ2n) is 7.22. The van der Waals surface area contributed by atoms with Gasteiger partial charge in [0, 0.05) is 12.1 Å². The van der Waals surface area contributed by atoms with Crippen molar-refractivity contribution in [2.75, 3.05) is 6.54 Å². The van der Waals surface area contributed by atoms with Crippen molar-refractivity contribution in [2.24, 2.45) is 4.99 Å². The fourth-order valence-electron chi connectivity index (χ4n) is 3.27. The van der Waals surface area contributed by atoms with Crippen LogP contribution in [0.2, 0.25) is 0 Å². The van der Waals surface area contributed by atoms with Gasteiger partial charge in [-0.05, 0) is 60.7 Å². The van der Waals surface area contributed by atoms with Crippen molar-refractivity contribution in [1.82, 2.24) is 4.90 Å². The third kappa shape index (κ3) is 5.32. The highest BCUT2D eigenvalue weighted by Gasteiger charge is 2.32. The van der Waals surface area contributed by atoms with Crippen molar-refractivity contribution >= 4 is 40.6 Å². The summed E-state index contributed by atoms with van der Waals surface area (Å²) in [6.07, 6.45) is 1.83. The molecule has 0 aromatic heterocycles. The van der Waals surface area contributed by atoms with Crippen molar-refractivity contribution in [3.05, 3.63) is 100 Å². The van der Waals surface area contributed by atoms with E-state index in [-0.39, 0.29) is 11.5 Å². The molecule has 0 atom stereocenters. The standard InChI is InChI=1S/C26H22N2O4S/c1-2-28-24(29)23(33-26(28)27-21-14-12-19(13-15-21)25(30)31)16-20-10-6-7-11-22(20)32-17-18-8-4-3-5-9-18/h3-16H,2,17H2,1H3,(H,30,31). The van der Waals surface area contributed by atoms with Gasteiger partial charge < -0.3 is 9.84 Å². The number of carboxylic acid groups (broad SMARTS) is 1. The first kappa shape index (κ1) is 22.4. The Morgan fingerprint density at radius 1 is 1.03 bits per heavy atom. The second kappa shape index (κ2) is 10.2. The highest BCUT2D eigenvalue weighted by Crippen LogP contribution is 2.35. The lowest BCUT2D eigenvalue weighted by Gasteiger charge is -2.12. The van der Waals surface area contributed by atoms with E-state index in [2.05, 4.69) is 4.99 Å². The molecule has 4 rings (SSSR count). The summed E-state index contributed by atoms with van der Waals surface area (Å²) in [5.74, 6) is -0.422. The number of hydrogen-bond donors (Lipinski definition) is 1. The summed E-state index contributed by atoms with van der Waals surface area (Å²) in [5, 5.41) is 9.62. The number of para-hydroxylation sites is 1. The predicted octanol–water partition coefficient (Wildman–Crippen LogP) is 5.59. The average molecular weight is 459 g/mol. The van der Waals surface area contributed by atoms with E-state index in [0.717, 1.165) is 11.1 Å². The van der Waals surface area contributed by atoms with E-state index in [1.54, 1.807) is 17.0 Å². The van der Waals surface area contributed by atoms with Crippen LogP contribution in [0.25, 0.3) is 6.08 Å². The molecule has 1 amide bonds. The zero-order valence-corrected chi connectivity index (χ0v) is 18.8. The van der Waals surface area contributed by atoms with Crippen molar-refractivity contribution in [2.45, 2.75) is 13.5 Å². The van der Waals surface area contributed by atoms with E-state index in [1.807, 2.05) is 67.6 Å².